The normalized spacial score (nSPS) is 13.0. The lowest BCUT2D eigenvalue weighted by atomic mass is 10.2. The predicted octanol–water partition coefficient (Wildman–Crippen LogP) is 0.549. The molecule has 15 heavy (non-hydrogen) atoms. The van der Waals surface area contributed by atoms with Crippen LogP contribution in [0.1, 0.15) is 32.5 Å². The summed E-state index contributed by atoms with van der Waals surface area (Å²) in [5.41, 5.74) is 0. The molecule has 0 aliphatic rings. The standard InChI is InChI=1S/C10H20N4O/c1-3-5-14-10(12-8-13-14)7-11-9(2)4-6-15/h8-9,11,15H,3-7H2,1-2H3. The minimum atomic E-state index is 0.218. The molecule has 0 radical (unpaired) electrons. The molecule has 1 unspecified atom stereocenters. The lowest BCUT2D eigenvalue weighted by molar-refractivity contribution is 0.268. The molecule has 2 N–H and O–H groups in total. The summed E-state index contributed by atoms with van der Waals surface area (Å²) in [5, 5.41) is 16.2. The average molecular weight is 212 g/mol. The van der Waals surface area contributed by atoms with E-state index in [1.54, 1.807) is 6.33 Å². The van der Waals surface area contributed by atoms with Crippen molar-refractivity contribution in [2.45, 2.75) is 45.8 Å². The van der Waals surface area contributed by atoms with Crippen LogP contribution in [0.4, 0.5) is 0 Å². The Hall–Kier alpha value is -0.940. The van der Waals surface area contributed by atoms with Crippen molar-refractivity contribution >= 4 is 0 Å². The summed E-state index contributed by atoms with van der Waals surface area (Å²) >= 11 is 0. The Morgan fingerprint density at radius 1 is 1.60 bits per heavy atom. The molecule has 0 aliphatic carbocycles. The van der Waals surface area contributed by atoms with E-state index in [2.05, 4.69) is 29.2 Å². The van der Waals surface area contributed by atoms with Crippen LogP contribution in [0.2, 0.25) is 0 Å². The summed E-state index contributed by atoms with van der Waals surface area (Å²) in [4.78, 5) is 4.19. The third kappa shape index (κ3) is 3.97. The molecule has 5 heteroatoms. The molecule has 86 valence electrons. The molecule has 0 bridgehead atoms. The van der Waals surface area contributed by atoms with Crippen molar-refractivity contribution < 1.29 is 5.11 Å². The first-order valence-corrected chi connectivity index (χ1v) is 5.48. The Balaban J connectivity index is 2.39. The number of nitrogens with zero attached hydrogens (tertiary/aromatic N) is 3. The second-order valence-electron chi connectivity index (χ2n) is 3.69. The van der Waals surface area contributed by atoms with Gasteiger partial charge in [-0.05, 0) is 19.8 Å². The van der Waals surface area contributed by atoms with E-state index in [0.29, 0.717) is 12.6 Å². The first-order chi connectivity index (χ1) is 7.27. The lowest BCUT2D eigenvalue weighted by Gasteiger charge is -2.12. The smallest absolute Gasteiger partial charge is 0.140 e. The monoisotopic (exact) mass is 212 g/mol. The van der Waals surface area contributed by atoms with Crippen molar-refractivity contribution in [3.8, 4) is 0 Å². The summed E-state index contributed by atoms with van der Waals surface area (Å²) in [5.74, 6) is 0.960. The van der Waals surface area contributed by atoms with Crippen LogP contribution in [0.25, 0.3) is 0 Å². The first kappa shape index (κ1) is 12.1. The second kappa shape index (κ2) is 6.53. The van der Waals surface area contributed by atoms with Crippen molar-refractivity contribution in [1.82, 2.24) is 20.1 Å². The van der Waals surface area contributed by atoms with E-state index >= 15 is 0 Å². The number of aromatic nitrogens is 3. The number of nitrogens with one attached hydrogen (secondary N) is 1. The van der Waals surface area contributed by atoms with E-state index in [1.807, 2.05) is 4.68 Å². The largest absolute Gasteiger partial charge is 0.396 e. The van der Waals surface area contributed by atoms with Crippen molar-refractivity contribution in [3.63, 3.8) is 0 Å². The fraction of sp³-hybridized carbons (Fsp3) is 0.800. The summed E-state index contributed by atoms with van der Waals surface area (Å²) in [6.45, 7) is 6.01. The van der Waals surface area contributed by atoms with Crippen molar-refractivity contribution in [2.75, 3.05) is 6.61 Å². The average Bonchev–Trinajstić information content (AvgIpc) is 2.64. The molecule has 0 spiro atoms. The lowest BCUT2D eigenvalue weighted by Crippen LogP contribution is -2.28. The Bertz CT molecular complexity index is 274. The van der Waals surface area contributed by atoms with Gasteiger partial charge in [-0.15, -0.1) is 0 Å². The van der Waals surface area contributed by atoms with Crippen LogP contribution >= 0.6 is 0 Å². The molecule has 1 rings (SSSR count). The number of hydrogen-bond donors (Lipinski definition) is 2. The predicted molar refractivity (Wildman–Crippen MR) is 58.3 cm³/mol. The maximum Gasteiger partial charge on any atom is 0.140 e. The molecule has 0 saturated heterocycles. The van der Waals surface area contributed by atoms with E-state index in [9.17, 15) is 0 Å². The highest BCUT2D eigenvalue weighted by Gasteiger charge is 2.05. The van der Waals surface area contributed by atoms with E-state index in [1.165, 1.54) is 0 Å². The summed E-state index contributed by atoms with van der Waals surface area (Å²) in [7, 11) is 0. The van der Waals surface area contributed by atoms with Crippen LogP contribution < -0.4 is 5.32 Å². The molecule has 0 aromatic carbocycles. The van der Waals surface area contributed by atoms with Crippen LogP contribution in [-0.4, -0.2) is 32.5 Å². The van der Waals surface area contributed by atoms with Crippen LogP contribution in [0.5, 0.6) is 0 Å². The third-order valence-electron chi connectivity index (χ3n) is 2.30. The molecule has 0 amide bonds. The molecule has 1 aromatic rings. The quantitative estimate of drug-likeness (QED) is 0.693. The van der Waals surface area contributed by atoms with Gasteiger partial charge in [0.25, 0.3) is 0 Å². The van der Waals surface area contributed by atoms with E-state index in [-0.39, 0.29) is 6.61 Å². The minimum Gasteiger partial charge on any atom is -0.396 e. The molecule has 0 aliphatic heterocycles. The van der Waals surface area contributed by atoms with Gasteiger partial charge in [0.1, 0.15) is 12.2 Å². The number of aliphatic hydroxyl groups excluding tert-OH is 1. The molecule has 1 aromatic heterocycles. The van der Waals surface area contributed by atoms with Crippen LogP contribution in [-0.2, 0) is 13.1 Å². The van der Waals surface area contributed by atoms with Gasteiger partial charge >= 0.3 is 0 Å². The van der Waals surface area contributed by atoms with Crippen LogP contribution in [0.15, 0.2) is 6.33 Å². The van der Waals surface area contributed by atoms with Gasteiger partial charge in [0.2, 0.25) is 0 Å². The van der Waals surface area contributed by atoms with Gasteiger partial charge in [-0.25, -0.2) is 9.67 Å². The molecule has 0 saturated carbocycles. The van der Waals surface area contributed by atoms with Crippen molar-refractivity contribution in [1.29, 1.82) is 0 Å². The van der Waals surface area contributed by atoms with Crippen LogP contribution in [0, 0.1) is 0 Å². The highest BCUT2D eigenvalue weighted by Crippen LogP contribution is 1.97. The zero-order chi connectivity index (χ0) is 11.1. The fourth-order valence-corrected chi connectivity index (χ4v) is 1.38. The van der Waals surface area contributed by atoms with Gasteiger partial charge in [-0.2, -0.15) is 5.10 Å². The summed E-state index contributed by atoms with van der Waals surface area (Å²) in [6.07, 6.45) is 3.41. The van der Waals surface area contributed by atoms with Gasteiger partial charge in [0.05, 0.1) is 6.54 Å². The third-order valence-corrected chi connectivity index (χ3v) is 2.30. The fourth-order valence-electron chi connectivity index (χ4n) is 1.38. The van der Waals surface area contributed by atoms with Crippen molar-refractivity contribution in [3.05, 3.63) is 12.2 Å². The molecule has 0 fully saturated rings. The van der Waals surface area contributed by atoms with Gasteiger partial charge < -0.3 is 10.4 Å². The van der Waals surface area contributed by atoms with E-state index in [4.69, 9.17) is 5.11 Å². The van der Waals surface area contributed by atoms with Crippen LogP contribution in [0.3, 0.4) is 0 Å². The Kier molecular flexibility index (Phi) is 5.28. The summed E-state index contributed by atoms with van der Waals surface area (Å²) < 4.78 is 1.92. The number of aryl methyl sites for hydroxylation is 1. The molecule has 1 atom stereocenters. The number of hydrogen-bond acceptors (Lipinski definition) is 4. The van der Waals surface area contributed by atoms with Gasteiger partial charge in [0, 0.05) is 19.2 Å². The maximum absolute atomic E-state index is 8.76. The Morgan fingerprint density at radius 3 is 3.07 bits per heavy atom. The molecular formula is C10H20N4O. The molecule has 5 nitrogen and oxygen atoms in total. The minimum absolute atomic E-state index is 0.218. The number of aliphatic hydroxyl groups is 1. The Morgan fingerprint density at radius 2 is 2.40 bits per heavy atom. The highest BCUT2D eigenvalue weighted by atomic mass is 16.3. The Labute approximate surface area is 90.5 Å². The SMILES string of the molecule is CCCn1ncnc1CNC(C)CCO. The summed E-state index contributed by atoms with van der Waals surface area (Å²) in [6, 6.07) is 0.307. The highest BCUT2D eigenvalue weighted by molar-refractivity contribution is 4.84. The van der Waals surface area contributed by atoms with Gasteiger partial charge in [-0.3, -0.25) is 0 Å². The van der Waals surface area contributed by atoms with Crippen molar-refractivity contribution in [2.24, 2.45) is 0 Å². The maximum atomic E-state index is 8.76. The zero-order valence-electron chi connectivity index (χ0n) is 9.48. The van der Waals surface area contributed by atoms with E-state index < -0.39 is 0 Å². The van der Waals surface area contributed by atoms with E-state index in [0.717, 1.165) is 25.2 Å². The van der Waals surface area contributed by atoms with Gasteiger partial charge in [-0.1, -0.05) is 6.92 Å². The molecular weight excluding hydrogens is 192 g/mol. The van der Waals surface area contributed by atoms with Gasteiger partial charge in [0.15, 0.2) is 0 Å². The zero-order valence-corrected chi connectivity index (χ0v) is 9.48. The second-order valence-corrected chi connectivity index (χ2v) is 3.69. The number of rotatable bonds is 7. The molecule has 1 heterocycles. The first-order valence-electron chi connectivity index (χ1n) is 5.48. The topological polar surface area (TPSA) is 63.0 Å².